The van der Waals surface area contributed by atoms with E-state index in [-0.39, 0.29) is 5.91 Å². The van der Waals surface area contributed by atoms with Crippen molar-refractivity contribution in [2.75, 3.05) is 12.8 Å². The number of nitrogen functional groups attached to an aromatic ring is 1. The lowest BCUT2D eigenvalue weighted by Gasteiger charge is -2.34. The molecule has 0 atom stereocenters. The summed E-state index contributed by atoms with van der Waals surface area (Å²) in [6.45, 7) is 4.23. The monoisotopic (exact) mass is 274 g/mol. The first kappa shape index (κ1) is 14.9. The zero-order valence-corrected chi connectivity index (χ0v) is 12.9. The van der Waals surface area contributed by atoms with E-state index in [9.17, 15) is 4.79 Å². The summed E-state index contributed by atoms with van der Waals surface area (Å²) in [5.74, 6) is 0.949. The lowest BCUT2D eigenvalue weighted by Crippen LogP contribution is -2.39. The molecule has 110 valence electrons. The fourth-order valence-electron chi connectivity index (χ4n) is 3.25. The van der Waals surface area contributed by atoms with Crippen LogP contribution < -0.4 is 5.73 Å². The summed E-state index contributed by atoms with van der Waals surface area (Å²) in [5, 5.41) is 0. The second-order valence-corrected chi connectivity index (χ2v) is 6.13. The molecule has 1 aromatic rings. The zero-order chi connectivity index (χ0) is 14.7. The first-order chi connectivity index (χ1) is 9.51. The molecule has 0 spiro atoms. The average molecular weight is 274 g/mol. The minimum absolute atomic E-state index is 0.0975. The van der Waals surface area contributed by atoms with Crippen LogP contribution in [0.4, 0.5) is 5.69 Å². The van der Waals surface area contributed by atoms with Gasteiger partial charge in [0.1, 0.15) is 0 Å². The van der Waals surface area contributed by atoms with Crippen molar-refractivity contribution in [1.29, 1.82) is 0 Å². The molecule has 0 unspecified atom stereocenters. The van der Waals surface area contributed by atoms with E-state index < -0.39 is 0 Å². The highest BCUT2D eigenvalue weighted by Gasteiger charge is 2.26. The Balaban J connectivity index is 2.05. The second-order valence-electron chi connectivity index (χ2n) is 6.13. The Labute approximate surface area is 122 Å². The Morgan fingerprint density at radius 3 is 2.45 bits per heavy atom. The Hall–Kier alpha value is -1.51. The smallest absolute Gasteiger partial charge is 0.253 e. The topological polar surface area (TPSA) is 46.3 Å². The highest BCUT2D eigenvalue weighted by molar-refractivity contribution is 5.95. The molecule has 1 fully saturated rings. The van der Waals surface area contributed by atoms with Gasteiger partial charge in [-0.3, -0.25) is 4.79 Å². The number of carbonyl (C=O) groups is 1. The molecule has 3 nitrogen and oxygen atoms in total. The molecule has 20 heavy (non-hydrogen) atoms. The van der Waals surface area contributed by atoms with Crippen LogP contribution in [0.15, 0.2) is 18.2 Å². The van der Waals surface area contributed by atoms with Crippen molar-refractivity contribution in [3.63, 3.8) is 0 Å². The molecule has 1 saturated carbocycles. The van der Waals surface area contributed by atoms with Gasteiger partial charge in [0.15, 0.2) is 0 Å². The summed E-state index contributed by atoms with van der Waals surface area (Å²) in [5.41, 5.74) is 8.25. The highest BCUT2D eigenvalue weighted by atomic mass is 16.2. The minimum atomic E-state index is 0.0975. The van der Waals surface area contributed by atoms with Gasteiger partial charge in [-0.15, -0.1) is 0 Å². The van der Waals surface area contributed by atoms with Crippen LogP contribution >= 0.6 is 0 Å². The molecule has 1 aliphatic carbocycles. The maximum Gasteiger partial charge on any atom is 0.253 e. The maximum atomic E-state index is 12.6. The van der Waals surface area contributed by atoms with E-state index >= 15 is 0 Å². The Bertz CT molecular complexity index is 456. The third kappa shape index (κ3) is 3.33. The van der Waals surface area contributed by atoms with Gasteiger partial charge in [0.05, 0.1) is 0 Å². The van der Waals surface area contributed by atoms with Gasteiger partial charge in [-0.25, -0.2) is 0 Å². The largest absolute Gasteiger partial charge is 0.399 e. The lowest BCUT2D eigenvalue weighted by atomic mass is 9.84. The van der Waals surface area contributed by atoms with Crippen LogP contribution in [0.25, 0.3) is 0 Å². The van der Waals surface area contributed by atoms with Crippen LogP contribution in [0.2, 0.25) is 0 Å². The summed E-state index contributed by atoms with van der Waals surface area (Å²) >= 11 is 0. The van der Waals surface area contributed by atoms with Crippen molar-refractivity contribution in [3.05, 3.63) is 29.3 Å². The van der Waals surface area contributed by atoms with E-state index in [0.717, 1.165) is 24.3 Å². The zero-order valence-electron chi connectivity index (χ0n) is 12.9. The van der Waals surface area contributed by atoms with Crippen LogP contribution in [0.5, 0.6) is 0 Å². The van der Waals surface area contributed by atoms with Crippen molar-refractivity contribution >= 4 is 11.6 Å². The molecule has 0 heterocycles. The number of nitrogens with two attached hydrogens (primary N) is 1. The summed E-state index contributed by atoms with van der Waals surface area (Å²) in [6.07, 6.45) is 6.01. The van der Waals surface area contributed by atoms with E-state index in [1.165, 1.54) is 19.3 Å². The van der Waals surface area contributed by atoms with Gasteiger partial charge < -0.3 is 10.6 Å². The standard InChI is InChI=1S/C17H26N2O/c1-4-13-5-7-16(8-6-13)19(3)17(20)14-9-12(2)10-15(18)11-14/h9-11,13,16H,4-8,18H2,1-3H3. The molecule has 0 bridgehead atoms. The first-order valence-electron chi connectivity index (χ1n) is 7.65. The molecule has 0 aromatic heterocycles. The fraction of sp³-hybridized carbons (Fsp3) is 0.588. The van der Waals surface area contributed by atoms with E-state index in [2.05, 4.69) is 6.92 Å². The Kier molecular flexibility index (Phi) is 4.69. The summed E-state index contributed by atoms with van der Waals surface area (Å²) < 4.78 is 0. The second kappa shape index (κ2) is 6.29. The average Bonchev–Trinajstić information content (AvgIpc) is 2.45. The van der Waals surface area contributed by atoms with Gasteiger partial charge in [0.2, 0.25) is 0 Å². The Morgan fingerprint density at radius 1 is 1.25 bits per heavy atom. The first-order valence-corrected chi connectivity index (χ1v) is 7.65. The number of aryl methyl sites for hydroxylation is 1. The van der Waals surface area contributed by atoms with Crippen molar-refractivity contribution in [2.24, 2.45) is 5.92 Å². The third-order valence-corrected chi connectivity index (χ3v) is 4.61. The molecule has 2 N–H and O–H groups in total. The van der Waals surface area contributed by atoms with Crippen LogP contribution in [0, 0.1) is 12.8 Å². The predicted octanol–water partition coefficient (Wildman–Crippen LogP) is 3.62. The van der Waals surface area contributed by atoms with Gasteiger partial charge in [-0.1, -0.05) is 13.3 Å². The van der Waals surface area contributed by atoms with Gasteiger partial charge in [0.25, 0.3) is 5.91 Å². The van der Waals surface area contributed by atoms with Gasteiger partial charge in [-0.05, 0) is 62.3 Å². The summed E-state index contributed by atoms with van der Waals surface area (Å²) in [6, 6.07) is 5.98. The summed E-state index contributed by atoms with van der Waals surface area (Å²) in [4.78, 5) is 14.5. The number of hydrogen-bond donors (Lipinski definition) is 1. The fourth-order valence-corrected chi connectivity index (χ4v) is 3.25. The van der Waals surface area contributed by atoms with Gasteiger partial charge >= 0.3 is 0 Å². The van der Waals surface area contributed by atoms with E-state index in [1.54, 1.807) is 6.07 Å². The number of benzene rings is 1. The number of anilines is 1. The number of carbonyl (C=O) groups excluding carboxylic acids is 1. The van der Waals surface area contributed by atoms with Gasteiger partial charge in [0, 0.05) is 24.3 Å². The van der Waals surface area contributed by atoms with E-state index in [4.69, 9.17) is 5.73 Å². The molecular formula is C17H26N2O. The van der Waals surface area contributed by atoms with Crippen molar-refractivity contribution in [2.45, 2.75) is 52.0 Å². The predicted molar refractivity (Wildman–Crippen MR) is 83.7 cm³/mol. The quantitative estimate of drug-likeness (QED) is 0.856. The van der Waals surface area contributed by atoms with E-state index in [1.807, 2.05) is 31.0 Å². The number of nitrogens with zero attached hydrogens (tertiary/aromatic N) is 1. The maximum absolute atomic E-state index is 12.6. The molecule has 1 aliphatic rings. The lowest BCUT2D eigenvalue weighted by molar-refractivity contribution is 0.0674. The molecular weight excluding hydrogens is 248 g/mol. The van der Waals surface area contributed by atoms with Crippen LogP contribution in [0.1, 0.15) is 54.9 Å². The normalized spacial score (nSPS) is 22.6. The highest BCUT2D eigenvalue weighted by Crippen LogP contribution is 2.29. The summed E-state index contributed by atoms with van der Waals surface area (Å²) in [7, 11) is 1.93. The molecule has 0 aliphatic heterocycles. The van der Waals surface area contributed by atoms with Gasteiger partial charge in [-0.2, -0.15) is 0 Å². The van der Waals surface area contributed by atoms with Crippen molar-refractivity contribution in [1.82, 2.24) is 4.90 Å². The molecule has 1 aromatic carbocycles. The molecule has 2 rings (SSSR count). The van der Waals surface area contributed by atoms with Crippen LogP contribution in [-0.4, -0.2) is 23.9 Å². The molecule has 0 radical (unpaired) electrons. The van der Waals surface area contributed by atoms with Crippen molar-refractivity contribution < 1.29 is 4.79 Å². The van der Waals surface area contributed by atoms with E-state index in [0.29, 0.717) is 17.3 Å². The minimum Gasteiger partial charge on any atom is -0.399 e. The molecule has 1 amide bonds. The third-order valence-electron chi connectivity index (χ3n) is 4.61. The van der Waals surface area contributed by atoms with Crippen molar-refractivity contribution in [3.8, 4) is 0 Å². The van der Waals surface area contributed by atoms with Crippen LogP contribution in [0.3, 0.4) is 0 Å². The Morgan fingerprint density at radius 2 is 1.90 bits per heavy atom. The molecule has 3 heteroatoms. The van der Waals surface area contributed by atoms with Crippen LogP contribution in [-0.2, 0) is 0 Å². The molecule has 0 saturated heterocycles. The number of rotatable bonds is 3. The number of amides is 1. The SMILES string of the molecule is CCC1CCC(N(C)C(=O)c2cc(C)cc(N)c2)CC1. The number of hydrogen-bond acceptors (Lipinski definition) is 2.